The summed E-state index contributed by atoms with van der Waals surface area (Å²) in [5.74, 6) is 0. The lowest BCUT2D eigenvalue weighted by Crippen LogP contribution is -2.10. The molecular weight excluding hydrogens is 1050 g/mol. The Morgan fingerprint density at radius 2 is 0.690 bits per heavy atom. The van der Waals surface area contributed by atoms with Crippen molar-refractivity contribution in [3.8, 4) is 61.3 Å². The molecule has 0 amide bonds. The lowest BCUT2D eigenvalue weighted by atomic mass is 9.86. The molecule has 87 heavy (non-hydrogen) atoms. The summed E-state index contributed by atoms with van der Waals surface area (Å²) in [5.41, 5.74) is 27.0. The zero-order chi connectivity index (χ0) is 60.5. The summed E-state index contributed by atoms with van der Waals surface area (Å²) in [6.07, 6.45) is 16.9. The number of anilines is 3. The number of para-hydroxylation sites is 1. The maximum absolute atomic E-state index is 2.61. The second-order valence-corrected chi connectivity index (χ2v) is 26.7. The largest absolute Gasteiger partial charge is 0.311 e. The van der Waals surface area contributed by atoms with E-state index in [2.05, 4.69) is 296 Å². The van der Waals surface area contributed by atoms with Gasteiger partial charge in [0.1, 0.15) is 0 Å². The van der Waals surface area contributed by atoms with E-state index >= 15 is 0 Å². The molecule has 0 aliphatic carbocycles. The Balaban J connectivity index is 0.969. The molecule has 0 aliphatic rings. The van der Waals surface area contributed by atoms with E-state index in [1.54, 1.807) is 0 Å². The zero-order valence-corrected chi connectivity index (χ0v) is 53.7. The lowest BCUT2D eigenvalue weighted by Gasteiger charge is -2.26. The SMILES string of the molecule is CCCCCCCCc1cc(-c2ccc(N(c3ccc(-c4ccc(CCC)cc4)cc3)c3ccc(-c4ccc(C(C)(C)C)cc4)cc3)cc2)c(CCCCCC)cc1-c1ccc2c(c1)c1ccccc1n2-c1ccc(-c2ccc(C(C)(C)C)cc2)cc1. The maximum atomic E-state index is 2.61. The van der Waals surface area contributed by atoms with E-state index < -0.39 is 0 Å². The van der Waals surface area contributed by atoms with Crippen LogP contribution in [-0.2, 0) is 30.1 Å². The van der Waals surface area contributed by atoms with Gasteiger partial charge in [-0.3, -0.25) is 0 Å². The van der Waals surface area contributed by atoms with Crippen molar-refractivity contribution >= 4 is 38.9 Å². The standard InChI is InChI=1S/C85H92N2/c1-10-13-15-17-18-20-25-70-58-79(68-42-55-76(56-43-68)86(74-49-36-65(37-50-74)62-30-28-61(23-12-3)29-31-62)75-51-38-66(39-52-75)63-32-45-72(46-33-63)84(4,5)6)69(24-19-16-14-11-2)59-80(70)71-44-57-83-81(60-71)78-26-21-22-27-82(78)87(83)77-53-40-67(41-54-77)64-34-47-73(48-35-64)85(7,8)9/h21-22,26-60H,10-20,23-25H2,1-9H3. The summed E-state index contributed by atoms with van der Waals surface area (Å²) >= 11 is 0. The molecule has 0 radical (unpaired) electrons. The summed E-state index contributed by atoms with van der Waals surface area (Å²) in [5, 5.41) is 2.58. The van der Waals surface area contributed by atoms with Crippen LogP contribution in [0, 0.1) is 0 Å². The number of nitrogens with zero attached hydrogens (tertiary/aromatic N) is 2. The average Bonchev–Trinajstić information content (AvgIpc) is 1.93. The zero-order valence-electron chi connectivity index (χ0n) is 53.7. The van der Waals surface area contributed by atoms with Crippen molar-refractivity contribution in [1.29, 1.82) is 0 Å². The number of aromatic nitrogens is 1. The molecular formula is C85H92N2. The van der Waals surface area contributed by atoms with E-state index in [0.29, 0.717) is 0 Å². The van der Waals surface area contributed by atoms with Gasteiger partial charge in [0.2, 0.25) is 0 Å². The molecule has 0 N–H and O–H groups in total. The van der Waals surface area contributed by atoms with Crippen LogP contribution < -0.4 is 4.90 Å². The number of unbranched alkanes of at least 4 members (excludes halogenated alkanes) is 8. The third-order valence-corrected chi connectivity index (χ3v) is 18.2. The minimum absolute atomic E-state index is 0.110. The topological polar surface area (TPSA) is 8.17 Å². The van der Waals surface area contributed by atoms with Gasteiger partial charge in [0.15, 0.2) is 0 Å². The van der Waals surface area contributed by atoms with E-state index in [4.69, 9.17) is 0 Å². The van der Waals surface area contributed by atoms with E-state index in [-0.39, 0.29) is 10.8 Å². The smallest absolute Gasteiger partial charge is 0.0541 e. The molecule has 0 unspecified atom stereocenters. The average molecular weight is 1140 g/mol. The van der Waals surface area contributed by atoms with Crippen molar-refractivity contribution in [3.63, 3.8) is 0 Å². The molecule has 0 spiro atoms. The van der Waals surface area contributed by atoms with Gasteiger partial charge in [0.25, 0.3) is 0 Å². The van der Waals surface area contributed by atoms with Crippen LogP contribution in [0.4, 0.5) is 17.1 Å². The third-order valence-electron chi connectivity index (χ3n) is 18.2. The second kappa shape index (κ2) is 27.2. The molecule has 1 heterocycles. The first-order chi connectivity index (χ1) is 42.3. The molecule has 2 nitrogen and oxygen atoms in total. The lowest BCUT2D eigenvalue weighted by molar-refractivity contribution is 0.590. The summed E-state index contributed by atoms with van der Waals surface area (Å²) in [4.78, 5) is 2.43. The summed E-state index contributed by atoms with van der Waals surface area (Å²) in [7, 11) is 0. The summed E-state index contributed by atoms with van der Waals surface area (Å²) in [6.45, 7) is 20.6. The molecule has 0 atom stereocenters. The minimum atomic E-state index is 0.110. The van der Waals surface area contributed by atoms with Crippen molar-refractivity contribution in [1.82, 2.24) is 4.57 Å². The van der Waals surface area contributed by atoms with Crippen LogP contribution in [0.5, 0.6) is 0 Å². The number of benzene rings is 10. The predicted molar refractivity (Wildman–Crippen MR) is 379 cm³/mol. The van der Waals surface area contributed by atoms with Crippen molar-refractivity contribution < 1.29 is 0 Å². The van der Waals surface area contributed by atoms with E-state index in [9.17, 15) is 0 Å². The van der Waals surface area contributed by atoms with Crippen molar-refractivity contribution in [2.75, 3.05) is 4.90 Å². The molecule has 0 aliphatic heterocycles. The van der Waals surface area contributed by atoms with Crippen LogP contribution in [0.15, 0.2) is 224 Å². The fourth-order valence-corrected chi connectivity index (χ4v) is 13.0. The Morgan fingerprint density at radius 1 is 0.310 bits per heavy atom. The minimum Gasteiger partial charge on any atom is -0.311 e. The van der Waals surface area contributed by atoms with Crippen LogP contribution in [-0.4, -0.2) is 4.57 Å². The van der Waals surface area contributed by atoms with Gasteiger partial charge in [-0.1, -0.05) is 278 Å². The Morgan fingerprint density at radius 3 is 1.16 bits per heavy atom. The molecule has 2 heteroatoms. The van der Waals surface area contributed by atoms with E-state index in [1.165, 1.54) is 175 Å². The van der Waals surface area contributed by atoms with Crippen LogP contribution in [0.25, 0.3) is 83.1 Å². The molecule has 0 saturated heterocycles. The number of fused-ring (bicyclic) bond motifs is 3. The van der Waals surface area contributed by atoms with Crippen molar-refractivity contribution in [2.45, 2.75) is 163 Å². The van der Waals surface area contributed by atoms with Gasteiger partial charge >= 0.3 is 0 Å². The fraction of sp³-hybridized carbons (Fsp3) is 0.294. The number of rotatable bonds is 23. The number of hydrogen-bond donors (Lipinski definition) is 0. The molecule has 11 rings (SSSR count). The first kappa shape index (κ1) is 60.5. The highest BCUT2D eigenvalue weighted by atomic mass is 15.1. The molecule has 11 aromatic rings. The van der Waals surface area contributed by atoms with Gasteiger partial charge in [-0.15, -0.1) is 0 Å². The quantitative estimate of drug-likeness (QED) is 0.0580. The molecule has 0 bridgehead atoms. The Hall–Kier alpha value is -8.20. The molecule has 0 fully saturated rings. The predicted octanol–water partition coefficient (Wildman–Crippen LogP) is 25.2. The highest BCUT2D eigenvalue weighted by Gasteiger charge is 2.21. The number of hydrogen-bond acceptors (Lipinski definition) is 1. The third kappa shape index (κ3) is 14.0. The van der Waals surface area contributed by atoms with Gasteiger partial charge in [0.05, 0.1) is 11.0 Å². The Bertz CT molecular complexity index is 4010. The highest BCUT2D eigenvalue weighted by molar-refractivity contribution is 6.10. The fourth-order valence-electron chi connectivity index (χ4n) is 13.0. The van der Waals surface area contributed by atoms with Crippen LogP contribution in [0.1, 0.15) is 161 Å². The first-order valence-corrected chi connectivity index (χ1v) is 33.0. The van der Waals surface area contributed by atoms with Gasteiger partial charge in [0, 0.05) is 33.5 Å². The monoisotopic (exact) mass is 1140 g/mol. The summed E-state index contributed by atoms with van der Waals surface area (Å²) < 4.78 is 2.47. The Kier molecular flexibility index (Phi) is 18.9. The normalized spacial score (nSPS) is 11.9. The second-order valence-electron chi connectivity index (χ2n) is 26.7. The van der Waals surface area contributed by atoms with Gasteiger partial charge in [-0.2, -0.15) is 0 Å². The molecule has 1 aromatic heterocycles. The Labute approximate surface area is 522 Å². The molecule has 442 valence electrons. The van der Waals surface area contributed by atoms with Crippen LogP contribution in [0.3, 0.4) is 0 Å². The first-order valence-electron chi connectivity index (χ1n) is 33.0. The highest BCUT2D eigenvalue weighted by Crippen LogP contribution is 2.42. The van der Waals surface area contributed by atoms with E-state index in [1.807, 2.05) is 0 Å². The van der Waals surface area contributed by atoms with Gasteiger partial charge in [-0.05, 0) is 193 Å². The summed E-state index contributed by atoms with van der Waals surface area (Å²) in [6, 6.07) is 85.9. The number of aryl methyl sites for hydroxylation is 3. The van der Waals surface area contributed by atoms with Crippen molar-refractivity contribution in [3.05, 3.63) is 252 Å². The molecule has 10 aromatic carbocycles. The van der Waals surface area contributed by atoms with E-state index in [0.717, 1.165) is 42.7 Å². The van der Waals surface area contributed by atoms with Gasteiger partial charge < -0.3 is 9.47 Å². The van der Waals surface area contributed by atoms with Gasteiger partial charge in [-0.25, -0.2) is 0 Å². The van der Waals surface area contributed by atoms with Crippen LogP contribution in [0.2, 0.25) is 0 Å². The van der Waals surface area contributed by atoms with Crippen LogP contribution >= 0.6 is 0 Å². The maximum Gasteiger partial charge on any atom is 0.0541 e. The molecule has 0 saturated carbocycles. The van der Waals surface area contributed by atoms with Crippen molar-refractivity contribution in [2.24, 2.45) is 0 Å².